The number of aryl methyl sites for hydroxylation is 3. The summed E-state index contributed by atoms with van der Waals surface area (Å²) in [5.74, 6) is -0.501. The second kappa shape index (κ2) is 8.32. The van der Waals surface area contributed by atoms with Gasteiger partial charge in [-0.3, -0.25) is 9.52 Å². The zero-order valence-electron chi connectivity index (χ0n) is 16.4. The fourth-order valence-corrected chi connectivity index (χ4v) is 3.94. The molecule has 1 amide bonds. The maximum absolute atomic E-state index is 12.7. The van der Waals surface area contributed by atoms with Crippen LogP contribution in [0.4, 0.5) is 5.69 Å². The van der Waals surface area contributed by atoms with Gasteiger partial charge >= 0.3 is 0 Å². The van der Waals surface area contributed by atoms with Crippen LogP contribution < -0.4 is 10.1 Å². The van der Waals surface area contributed by atoms with Gasteiger partial charge in [0.05, 0.1) is 22.5 Å². The maximum Gasteiger partial charge on any atom is 0.271 e. The number of hydrazone groups is 1. The van der Waals surface area contributed by atoms with Crippen molar-refractivity contribution in [1.82, 2.24) is 9.99 Å². The average molecular weight is 410 g/mol. The highest BCUT2D eigenvalue weighted by Gasteiger charge is 2.17. The number of rotatable bonds is 6. The molecule has 8 heteroatoms. The Hall–Kier alpha value is -3.39. The summed E-state index contributed by atoms with van der Waals surface area (Å²) in [6, 6.07) is 15.0. The van der Waals surface area contributed by atoms with Crippen molar-refractivity contribution >= 4 is 27.8 Å². The summed E-state index contributed by atoms with van der Waals surface area (Å²) < 4.78 is 29.9. The van der Waals surface area contributed by atoms with Crippen LogP contribution in [0, 0.1) is 13.8 Å². The van der Waals surface area contributed by atoms with Gasteiger partial charge in [0.15, 0.2) is 0 Å². The average Bonchev–Trinajstić information content (AvgIpc) is 3.09. The summed E-state index contributed by atoms with van der Waals surface area (Å²) in [6.07, 6.45) is 3.38. The van der Waals surface area contributed by atoms with Crippen LogP contribution >= 0.6 is 0 Å². The summed E-state index contributed by atoms with van der Waals surface area (Å²) in [5.41, 5.74) is 5.78. The quantitative estimate of drug-likeness (QED) is 0.483. The molecular weight excluding hydrogens is 388 g/mol. The Morgan fingerprint density at radius 3 is 2.55 bits per heavy atom. The second-order valence-electron chi connectivity index (χ2n) is 6.69. The summed E-state index contributed by atoms with van der Waals surface area (Å²) in [6.45, 7) is 3.77. The van der Waals surface area contributed by atoms with Crippen LogP contribution in [0.5, 0.6) is 0 Å². The van der Waals surface area contributed by atoms with E-state index in [0.717, 1.165) is 16.8 Å². The van der Waals surface area contributed by atoms with Gasteiger partial charge in [-0.15, -0.1) is 0 Å². The first-order valence-corrected chi connectivity index (χ1v) is 10.4. The van der Waals surface area contributed by atoms with Crippen LogP contribution in [0.2, 0.25) is 0 Å². The lowest BCUT2D eigenvalue weighted by molar-refractivity contribution is 0.0955. The van der Waals surface area contributed by atoms with Crippen molar-refractivity contribution in [3.8, 4) is 0 Å². The Kier molecular flexibility index (Phi) is 5.84. The largest absolute Gasteiger partial charge is 0.350 e. The molecule has 0 atom stereocenters. The zero-order chi connectivity index (χ0) is 21.0. The number of aromatic nitrogens is 1. The number of benzene rings is 2. The van der Waals surface area contributed by atoms with Gasteiger partial charge in [-0.2, -0.15) is 5.10 Å². The van der Waals surface area contributed by atoms with Gasteiger partial charge in [-0.05, 0) is 55.8 Å². The number of nitrogens with one attached hydrogen (secondary N) is 2. The fraction of sp³-hybridized carbons (Fsp3) is 0.143. The smallest absolute Gasteiger partial charge is 0.271 e. The fourth-order valence-electron chi connectivity index (χ4n) is 2.77. The molecule has 0 aliphatic carbocycles. The Morgan fingerprint density at radius 1 is 1.07 bits per heavy atom. The Morgan fingerprint density at radius 2 is 1.86 bits per heavy atom. The molecule has 0 aliphatic heterocycles. The van der Waals surface area contributed by atoms with Crippen LogP contribution in [-0.4, -0.2) is 25.1 Å². The van der Waals surface area contributed by atoms with E-state index in [2.05, 4.69) is 15.2 Å². The third-order valence-electron chi connectivity index (χ3n) is 4.38. The molecule has 1 heterocycles. The highest BCUT2D eigenvalue weighted by molar-refractivity contribution is 7.92. The summed E-state index contributed by atoms with van der Waals surface area (Å²) >= 11 is 0. The third-order valence-corrected chi connectivity index (χ3v) is 5.74. The predicted molar refractivity (Wildman–Crippen MR) is 114 cm³/mol. The monoisotopic (exact) mass is 410 g/mol. The van der Waals surface area contributed by atoms with E-state index in [4.69, 9.17) is 0 Å². The Labute approximate surface area is 170 Å². The van der Waals surface area contributed by atoms with Crippen molar-refractivity contribution in [3.05, 3.63) is 83.2 Å². The van der Waals surface area contributed by atoms with Crippen LogP contribution in [0.3, 0.4) is 0 Å². The van der Waals surface area contributed by atoms with Crippen molar-refractivity contribution in [3.63, 3.8) is 0 Å². The molecule has 0 spiro atoms. The van der Waals surface area contributed by atoms with E-state index in [9.17, 15) is 13.2 Å². The van der Waals surface area contributed by atoms with E-state index >= 15 is 0 Å². The van der Waals surface area contributed by atoms with Crippen molar-refractivity contribution in [2.24, 2.45) is 12.1 Å². The molecule has 0 unspecified atom stereocenters. The number of anilines is 1. The molecule has 0 radical (unpaired) electrons. The number of hydrogen-bond acceptors (Lipinski definition) is 4. The van der Waals surface area contributed by atoms with Crippen LogP contribution in [-0.2, 0) is 17.1 Å². The molecule has 0 fully saturated rings. The molecule has 0 saturated heterocycles. The first kappa shape index (κ1) is 20.3. The minimum Gasteiger partial charge on any atom is -0.350 e. The lowest BCUT2D eigenvalue weighted by atomic mass is 10.1. The molecule has 150 valence electrons. The SMILES string of the molecule is Cc1ccc(NS(=O)(=O)c2cccc(C(=O)N/N=C/c3cccn3C)c2)c(C)c1. The van der Waals surface area contributed by atoms with Gasteiger partial charge in [0, 0.05) is 18.8 Å². The first-order valence-electron chi connectivity index (χ1n) is 8.91. The van der Waals surface area contributed by atoms with Crippen LogP contribution in [0.15, 0.2) is 70.8 Å². The predicted octanol–water partition coefficient (Wildman–Crippen LogP) is 3.21. The second-order valence-corrected chi connectivity index (χ2v) is 8.38. The molecule has 3 rings (SSSR count). The Balaban J connectivity index is 1.76. The first-order chi connectivity index (χ1) is 13.8. The Bertz CT molecular complexity index is 1180. The van der Waals surface area contributed by atoms with Gasteiger partial charge in [0.2, 0.25) is 0 Å². The normalized spacial score (nSPS) is 11.6. The van der Waals surface area contributed by atoms with Gasteiger partial charge in [0.25, 0.3) is 15.9 Å². The van der Waals surface area contributed by atoms with Gasteiger partial charge < -0.3 is 4.57 Å². The molecule has 29 heavy (non-hydrogen) atoms. The third kappa shape index (κ3) is 4.91. The number of carbonyl (C=O) groups excluding carboxylic acids is 1. The molecule has 0 aliphatic rings. The minimum atomic E-state index is -3.84. The number of amides is 1. The number of hydrogen-bond donors (Lipinski definition) is 2. The number of carbonyl (C=O) groups is 1. The molecule has 2 N–H and O–H groups in total. The molecule has 3 aromatic rings. The van der Waals surface area contributed by atoms with Crippen molar-refractivity contribution < 1.29 is 13.2 Å². The molecule has 7 nitrogen and oxygen atoms in total. The highest BCUT2D eigenvalue weighted by atomic mass is 32.2. The minimum absolute atomic E-state index is 0.00320. The lowest BCUT2D eigenvalue weighted by Crippen LogP contribution is -2.19. The van der Waals surface area contributed by atoms with E-state index in [0.29, 0.717) is 5.69 Å². The standard InChI is InChI=1S/C21H22N4O3S/c1-15-9-10-20(16(2)12-15)24-29(27,28)19-8-4-6-17(13-19)21(26)23-22-14-18-7-5-11-25(18)3/h4-14,24H,1-3H3,(H,23,26)/b22-14+. The van der Waals surface area contributed by atoms with E-state index in [1.54, 1.807) is 6.07 Å². The van der Waals surface area contributed by atoms with E-state index < -0.39 is 15.9 Å². The topological polar surface area (TPSA) is 92.6 Å². The maximum atomic E-state index is 12.7. The number of sulfonamides is 1. The van der Waals surface area contributed by atoms with E-state index in [1.165, 1.54) is 30.5 Å². The van der Waals surface area contributed by atoms with Gasteiger partial charge in [0.1, 0.15) is 0 Å². The summed E-state index contributed by atoms with van der Waals surface area (Å²) in [4.78, 5) is 12.3. The highest BCUT2D eigenvalue weighted by Crippen LogP contribution is 2.21. The van der Waals surface area contributed by atoms with Crippen molar-refractivity contribution in [2.45, 2.75) is 18.7 Å². The van der Waals surface area contributed by atoms with E-state index in [-0.39, 0.29) is 10.5 Å². The molecule has 0 saturated carbocycles. The lowest BCUT2D eigenvalue weighted by Gasteiger charge is -2.12. The van der Waals surface area contributed by atoms with Gasteiger partial charge in [-0.25, -0.2) is 13.8 Å². The molecule has 0 bridgehead atoms. The molecule has 1 aromatic heterocycles. The molecule has 2 aromatic carbocycles. The van der Waals surface area contributed by atoms with Gasteiger partial charge in [-0.1, -0.05) is 23.8 Å². The summed E-state index contributed by atoms with van der Waals surface area (Å²) in [5, 5.41) is 3.92. The summed E-state index contributed by atoms with van der Waals surface area (Å²) in [7, 11) is -1.98. The zero-order valence-corrected chi connectivity index (χ0v) is 17.2. The van der Waals surface area contributed by atoms with Crippen molar-refractivity contribution in [2.75, 3.05) is 4.72 Å². The van der Waals surface area contributed by atoms with Crippen LogP contribution in [0.1, 0.15) is 27.2 Å². The van der Waals surface area contributed by atoms with Crippen LogP contribution in [0.25, 0.3) is 0 Å². The molecular formula is C21H22N4O3S. The van der Waals surface area contributed by atoms with Crippen molar-refractivity contribution in [1.29, 1.82) is 0 Å². The van der Waals surface area contributed by atoms with E-state index in [1.807, 2.05) is 55.9 Å². The number of nitrogens with zero attached hydrogens (tertiary/aromatic N) is 2.